The van der Waals surface area contributed by atoms with Crippen LogP contribution < -0.4 is 5.73 Å². The number of nitrogens with two attached hydrogens (primary N) is 1. The summed E-state index contributed by atoms with van der Waals surface area (Å²) in [6.45, 7) is 0. The summed E-state index contributed by atoms with van der Waals surface area (Å²) >= 11 is 2.11. The number of aromatic nitrogens is 2. The number of anilines is 1. The number of hydrogen-bond acceptors (Lipinski definition) is 3. The summed E-state index contributed by atoms with van der Waals surface area (Å²) < 4.78 is 13.6. The van der Waals surface area contributed by atoms with Gasteiger partial charge in [0.1, 0.15) is 5.82 Å². The fourth-order valence-electron chi connectivity index (χ4n) is 1.19. The summed E-state index contributed by atoms with van der Waals surface area (Å²) in [6, 6.07) is 6.12. The minimum Gasteiger partial charge on any atom is -0.368 e. The molecule has 0 unspecified atom stereocenters. The monoisotopic (exact) mass is 315 g/mol. The maximum absolute atomic E-state index is 12.7. The maximum atomic E-state index is 12.7. The van der Waals surface area contributed by atoms with Gasteiger partial charge in [-0.25, -0.2) is 14.4 Å². The number of nitrogen functional groups attached to an aromatic ring is 1. The van der Waals surface area contributed by atoms with E-state index in [-0.39, 0.29) is 11.8 Å². The number of rotatable bonds is 1. The Kier molecular flexibility index (Phi) is 2.81. The second-order valence-electron chi connectivity index (χ2n) is 2.93. The molecule has 76 valence electrons. The summed E-state index contributed by atoms with van der Waals surface area (Å²) in [4.78, 5) is 7.98. The molecule has 1 aromatic heterocycles. The normalized spacial score (nSPS) is 10.3. The zero-order valence-electron chi connectivity index (χ0n) is 7.61. The Hall–Kier alpha value is -1.24. The summed E-state index contributed by atoms with van der Waals surface area (Å²) in [5.41, 5.74) is 7.05. The van der Waals surface area contributed by atoms with Crippen molar-refractivity contribution in [1.82, 2.24) is 9.97 Å². The van der Waals surface area contributed by atoms with Crippen LogP contribution in [-0.4, -0.2) is 9.97 Å². The van der Waals surface area contributed by atoms with E-state index in [0.717, 1.165) is 14.8 Å². The summed E-state index contributed by atoms with van der Waals surface area (Å²) in [6.07, 6.45) is 1.64. The van der Waals surface area contributed by atoms with Gasteiger partial charge in [0.25, 0.3) is 0 Å². The molecule has 15 heavy (non-hydrogen) atoms. The molecule has 0 spiro atoms. The van der Waals surface area contributed by atoms with E-state index >= 15 is 0 Å². The fourth-order valence-corrected chi connectivity index (χ4v) is 1.76. The lowest BCUT2D eigenvalue weighted by molar-refractivity contribution is 0.628. The van der Waals surface area contributed by atoms with Gasteiger partial charge in [-0.2, -0.15) is 0 Å². The molecule has 0 aliphatic carbocycles. The van der Waals surface area contributed by atoms with Crippen molar-refractivity contribution in [3.8, 4) is 11.3 Å². The second kappa shape index (κ2) is 4.09. The average Bonchev–Trinajstić information content (AvgIpc) is 2.23. The first-order chi connectivity index (χ1) is 7.16. The van der Waals surface area contributed by atoms with Gasteiger partial charge in [0, 0.05) is 11.8 Å². The van der Waals surface area contributed by atoms with Crippen LogP contribution in [0.5, 0.6) is 0 Å². The van der Waals surface area contributed by atoms with Crippen LogP contribution in [0, 0.1) is 9.39 Å². The molecular formula is C10H7FIN3. The van der Waals surface area contributed by atoms with Crippen molar-refractivity contribution in [3.05, 3.63) is 39.8 Å². The first-order valence-corrected chi connectivity index (χ1v) is 5.28. The summed E-state index contributed by atoms with van der Waals surface area (Å²) in [5.74, 6) is -0.0504. The Morgan fingerprint density at radius 2 is 1.87 bits per heavy atom. The van der Waals surface area contributed by atoms with E-state index in [1.807, 2.05) is 0 Å². The van der Waals surface area contributed by atoms with E-state index in [0.29, 0.717) is 0 Å². The standard InChI is InChI=1S/C10H7FIN3/c11-7-3-1-6(2-4-7)9-8(12)5-14-10(13)15-9/h1-5H,(H2,13,14,15). The lowest BCUT2D eigenvalue weighted by Gasteiger charge is -2.03. The molecule has 2 rings (SSSR count). The quantitative estimate of drug-likeness (QED) is 0.823. The first kappa shape index (κ1) is 10.3. The van der Waals surface area contributed by atoms with Crippen molar-refractivity contribution < 1.29 is 4.39 Å². The Labute approximate surface area is 99.7 Å². The minimum absolute atomic E-state index is 0.217. The zero-order valence-corrected chi connectivity index (χ0v) is 9.77. The first-order valence-electron chi connectivity index (χ1n) is 4.21. The lowest BCUT2D eigenvalue weighted by atomic mass is 10.1. The third-order valence-electron chi connectivity index (χ3n) is 1.88. The Balaban J connectivity index is 2.53. The molecular weight excluding hydrogens is 308 g/mol. The highest BCUT2D eigenvalue weighted by atomic mass is 127. The minimum atomic E-state index is -0.268. The number of nitrogens with zero attached hydrogens (tertiary/aromatic N) is 2. The fraction of sp³-hybridized carbons (Fsp3) is 0. The van der Waals surface area contributed by atoms with Crippen molar-refractivity contribution in [2.24, 2.45) is 0 Å². The second-order valence-corrected chi connectivity index (χ2v) is 4.09. The molecule has 3 nitrogen and oxygen atoms in total. The molecule has 5 heteroatoms. The van der Waals surface area contributed by atoms with Gasteiger partial charge in [0.05, 0.1) is 9.26 Å². The molecule has 2 aromatic rings. The topological polar surface area (TPSA) is 51.8 Å². The SMILES string of the molecule is Nc1ncc(I)c(-c2ccc(F)cc2)n1. The van der Waals surface area contributed by atoms with Crippen LogP contribution in [0.3, 0.4) is 0 Å². The van der Waals surface area contributed by atoms with E-state index in [4.69, 9.17) is 5.73 Å². The van der Waals surface area contributed by atoms with Gasteiger partial charge >= 0.3 is 0 Å². The molecule has 0 radical (unpaired) electrons. The van der Waals surface area contributed by atoms with Gasteiger partial charge in [-0.1, -0.05) is 0 Å². The van der Waals surface area contributed by atoms with Crippen LogP contribution in [0.25, 0.3) is 11.3 Å². The van der Waals surface area contributed by atoms with Crippen molar-refractivity contribution in [1.29, 1.82) is 0 Å². The largest absolute Gasteiger partial charge is 0.368 e. The molecule has 1 aromatic carbocycles. The van der Waals surface area contributed by atoms with E-state index in [2.05, 4.69) is 32.6 Å². The molecule has 0 amide bonds. The smallest absolute Gasteiger partial charge is 0.220 e. The van der Waals surface area contributed by atoms with Gasteiger partial charge in [-0.15, -0.1) is 0 Å². The third kappa shape index (κ3) is 2.23. The average molecular weight is 315 g/mol. The lowest BCUT2D eigenvalue weighted by Crippen LogP contribution is -1.98. The van der Waals surface area contributed by atoms with Crippen LogP contribution in [0.15, 0.2) is 30.5 Å². The van der Waals surface area contributed by atoms with E-state index < -0.39 is 0 Å². The molecule has 0 saturated carbocycles. The molecule has 1 heterocycles. The van der Waals surface area contributed by atoms with Gasteiger partial charge in [0.2, 0.25) is 5.95 Å². The number of benzene rings is 1. The van der Waals surface area contributed by atoms with Gasteiger partial charge in [-0.3, -0.25) is 0 Å². The van der Waals surface area contributed by atoms with E-state index in [1.165, 1.54) is 12.1 Å². The zero-order chi connectivity index (χ0) is 10.8. The van der Waals surface area contributed by atoms with Crippen molar-refractivity contribution in [2.45, 2.75) is 0 Å². The Morgan fingerprint density at radius 1 is 1.20 bits per heavy atom. The molecule has 0 saturated heterocycles. The number of hydrogen-bond donors (Lipinski definition) is 1. The van der Waals surface area contributed by atoms with Crippen LogP contribution in [0.1, 0.15) is 0 Å². The summed E-state index contributed by atoms with van der Waals surface area (Å²) in [7, 11) is 0. The molecule has 0 bridgehead atoms. The highest BCUT2D eigenvalue weighted by Crippen LogP contribution is 2.23. The molecule has 0 aliphatic heterocycles. The maximum Gasteiger partial charge on any atom is 0.220 e. The van der Waals surface area contributed by atoms with Crippen LogP contribution in [0.2, 0.25) is 0 Å². The van der Waals surface area contributed by atoms with Crippen molar-refractivity contribution >= 4 is 28.5 Å². The molecule has 0 aliphatic rings. The van der Waals surface area contributed by atoms with Crippen LogP contribution in [0.4, 0.5) is 10.3 Å². The third-order valence-corrected chi connectivity index (χ3v) is 2.67. The molecule has 2 N–H and O–H groups in total. The number of halogens is 2. The van der Waals surface area contributed by atoms with Gasteiger partial charge < -0.3 is 5.73 Å². The van der Waals surface area contributed by atoms with Gasteiger partial charge in [0.15, 0.2) is 0 Å². The predicted molar refractivity (Wildman–Crippen MR) is 64.6 cm³/mol. The van der Waals surface area contributed by atoms with E-state index in [9.17, 15) is 4.39 Å². The Bertz CT molecular complexity index is 485. The van der Waals surface area contributed by atoms with Crippen LogP contribution in [-0.2, 0) is 0 Å². The highest BCUT2D eigenvalue weighted by Gasteiger charge is 2.05. The predicted octanol–water partition coefficient (Wildman–Crippen LogP) is 2.47. The van der Waals surface area contributed by atoms with Crippen molar-refractivity contribution in [3.63, 3.8) is 0 Å². The Morgan fingerprint density at radius 3 is 2.53 bits per heavy atom. The molecule has 0 fully saturated rings. The van der Waals surface area contributed by atoms with Gasteiger partial charge in [-0.05, 0) is 46.9 Å². The van der Waals surface area contributed by atoms with Crippen molar-refractivity contribution in [2.75, 3.05) is 5.73 Å². The highest BCUT2D eigenvalue weighted by molar-refractivity contribution is 14.1. The molecule has 0 atom stereocenters. The van der Waals surface area contributed by atoms with E-state index in [1.54, 1.807) is 18.3 Å². The summed E-state index contributed by atoms with van der Waals surface area (Å²) in [5, 5.41) is 0. The van der Waals surface area contributed by atoms with Crippen LogP contribution >= 0.6 is 22.6 Å².